The van der Waals surface area contributed by atoms with Crippen LogP contribution in [0.1, 0.15) is 12.8 Å². The van der Waals surface area contributed by atoms with Crippen molar-refractivity contribution < 1.29 is 0 Å². The highest BCUT2D eigenvalue weighted by molar-refractivity contribution is 5.46. The van der Waals surface area contributed by atoms with E-state index in [1.54, 1.807) is 6.33 Å². The number of aromatic nitrogens is 2. The Balaban J connectivity index is 1.54. The Morgan fingerprint density at radius 2 is 1.75 bits per heavy atom. The van der Waals surface area contributed by atoms with Crippen LogP contribution in [0.4, 0.5) is 11.6 Å². The molecule has 2 aliphatic rings. The van der Waals surface area contributed by atoms with Gasteiger partial charge in [-0.25, -0.2) is 9.97 Å². The number of anilines is 2. The first-order valence-electron chi connectivity index (χ1n) is 7.47. The molecule has 0 amide bonds. The fourth-order valence-electron chi connectivity index (χ4n) is 3.21. The molecule has 3 heterocycles. The maximum Gasteiger partial charge on any atom is 0.134 e. The van der Waals surface area contributed by atoms with E-state index in [2.05, 4.69) is 31.7 Å². The van der Waals surface area contributed by atoms with E-state index in [0.29, 0.717) is 5.82 Å². The Labute approximate surface area is 120 Å². The van der Waals surface area contributed by atoms with Crippen molar-refractivity contribution in [2.75, 3.05) is 56.9 Å². The van der Waals surface area contributed by atoms with Crippen LogP contribution < -0.4 is 10.6 Å². The molecule has 2 aliphatic heterocycles. The van der Waals surface area contributed by atoms with Crippen LogP contribution in [0.5, 0.6) is 0 Å². The molecule has 0 aliphatic carbocycles. The Kier molecular flexibility index (Phi) is 4.03. The predicted molar refractivity (Wildman–Crippen MR) is 80.7 cm³/mol. The summed E-state index contributed by atoms with van der Waals surface area (Å²) < 4.78 is 0. The number of hydrogen-bond acceptors (Lipinski definition) is 6. The molecule has 0 bridgehead atoms. The zero-order chi connectivity index (χ0) is 13.9. The molecule has 3 rings (SSSR count). The Bertz CT molecular complexity index is 435. The molecule has 1 aromatic heterocycles. The van der Waals surface area contributed by atoms with E-state index in [0.717, 1.165) is 38.0 Å². The summed E-state index contributed by atoms with van der Waals surface area (Å²) in [6.07, 6.45) is 4.15. The van der Waals surface area contributed by atoms with Gasteiger partial charge in [-0.15, -0.1) is 0 Å². The summed E-state index contributed by atoms with van der Waals surface area (Å²) in [7, 11) is 2.22. The predicted octanol–water partition coefficient (Wildman–Crippen LogP) is 0.275. The van der Waals surface area contributed by atoms with Gasteiger partial charge in [-0.3, -0.25) is 4.90 Å². The molecule has 0 spiro atoms. The summed E-state index contributed by atoms with van der Waals surface area (Å²) in [6.45, 7) is 6.77. The Hall–Kier alpha value is -1.40. The number of hydrogen-bond donors (Lipinski definition) is 1. The molecule has 6 heteroatoms. The van der Waals surface area contributed by atoms with Crippen LogP contribution in [-0.2, 0) is 0 Å². The largest absolute Gasteiger partial charge is 0.384 e. The molecule has 1 aromatic rings. The van der Waals surface area contributed by atoms with E-state index in [9.17, 15) is 0 Å². The number of rotatable bonds is 2. The second kappa shape index (κ2) is 5.93. The van der Waals surface area contributed by atoms with Gasteiger partial charge in [0, 0.05) is 38.3 Å². The second-order valence-electron chi connectivity index (χ2n) is 5.86. The summed E-state index contributed by atoms with van der Waals surface area (Å²) in [5, 5.41) is 0. The summed E-state index contributed by atoms with van der Waals surface area (Å²) in [5.41, 5.74) is 5.73. The summed E-state index contributed by atoms with van der Waals surface area (Å²) >= 11 is 0. The van der Waals surface area contributed by atoms with Crippen molar-refractivity contribution in [3.63, 3.8) is 0 Å². The van der Waals surface area contributed by atoms with Crippen LogP contribution in [0, 0.1) is 0 Å². The lowest BCUT2D eigenvalue weighted by Gasteiger charge is -2.42. The van der Waals surface area contributed by atoms with E-state index in [4.69, 9.17) is 5.73 Å². The lowest BCUT2D eigenvalue weighted by atomic mass is 10.0. The number of nitrogen functional groups attached to an aromatic ring is 1. The van der Waals surface area contributed by atoms with Gasteiger partial charge in [-0.05, 0) is 33.0 Å². The van der Waals surface area contributed by atoms with Crippen molar-refractivity contribution >= 4 is 11.6 Å². The highest BCUT2D eigenvalue weighted by Gasteiger charge is 2.26. The van der Waals surface area contributed by atoms with Gasteiger partial charge in [0.05, 0.1) is 0 Å². The number of piperazine rings is 1. The topological polar surface area (TPSA) is 61.5 Å². The van der Waals surface area contributed by atoms with E-state index in [1.807, 2.05) is 6.07 Å². The molecule has 0 unspecified atom stereocenters. The minimum absolute atomic E-state index is 0.549. The standard InChI is InChI=1S/C14H24N6/c1-18-4-2-12(3-5-18)19-6-8-20(9-7-19)14-10-13(15)16-11-17-14/h10-12H,2-9H2,1H3,(H2,15,16,17). The Morgan fingerprint density at radius 1 is 1.05 bits per heavy atom. The highest BCUT2D eigenvalue weighted by atomic mass is 15.3. The summed E-state index contributed by atoms with van der Waals surface area (Å²) in [6, 6.07) is 2.63. The van der Waals surface area contributed by atoms with Crippen LogP contribution in [-0.4, -0.2) is 72.1 Å². The highest BCUT2D eigenvalue weighted by Crippen LogP contribution is 2.20. The van der Waals surface area contributed by atoms with Crippen LogP contribution in [0.3, 0.4) is 0 Å². The van der Waals surface area contributed by atoms with Crippen LogP contribution >= 0.6 is 0 Å². The fourth-order valence-corrected chi connectivity index (χ4v) is 3.21. The second-order valence-corrected chi connectivity index (χ2v) is 5.86. The first-order valence-corrected chi connectivity index (χ1v) is 7.47. The molecule has 0 aromatic carbocycles. The maximum atomic E-state index is 5.73. The molecule has 20 heavy (non-hydrogen) atoms. The number of nitrogens with two attached hydrogens (primary N) is 1. The van der Waals surface area contributed by atoms with E-state index >= 15 is 0 Å². The fraction of sp³-hybridized carbons (Fsp3) is 0.714. The number of likely N-dealkylation sites (tertiary alicyclic amines) is 1. The van der Waals surface area contributed by atoms with Crippen molar-refractivity contribution in [3.8, 4) is 0 Å². The summed E-state index contributed by atoms with van der Waals surface area (Å²) in [5.74, 6) is 1.51. The average molecular weight is 276 g/mol. The molecular formula is C14H24N6. The van der Waals surface area contributed by atoms with Crippen molar-refractivity contribution in [1.29, 1.82) is 0 Å². The maximum absolute atomic E-state index is 5.73. The minimum atomic E-state index is 0.549. The molecule has 2 fully saturated rings. The molecule has 2 N–H and O–H groups in total. The quantitative estimate of drug-likeness (QED) is 0.837. The van der Waals surface area contributed by atoms with Crippen LogP contribution in [0.2, 0.25) is 0 Å². The monoisotopic (exact) mass is 276 g/mol. The molecule has 0 radical (unpaired) electrons. The molecule has 6 nitrogen and oxygen atoms in total. The molecule has 110 valence electrons. The van der Waals surface area contributed by atoms with E-state index < -0.39 is 0 Å². The van der Waals surface area contributed by atoms with Gasteiger partial charge >= 0.3 is 0 Å². The van der Waals surface area contributed by atoms with Crippen molar-refractivity contribution in [2.24, 2.45) is 0 Å². The molecule has 0 saturated carbocycles. The third-order valence-electron chi connectivity index (χ3n) is 4.52. The van der Waals surface area contributed by atoms with Crippen molar-refractivity contribution in [2.45, 2.75) is 18.9 Å². The van der Waals surface area contributed by atoms with Crippen LogP contribution in [0.25, 0.3) is 0 Å². The molecule has 0 atom stereocenters. The summed E-state index contributed by atoms with van der Waals surface area (Å²) in [4.78, 5) is 15.7. The third kappa shape index (κ3) is 3.02. The van der Waals surface area contributed by atoms with Gasteiger partial charge < -0.3 is 15.5 Å². The SMILES string of the molecule is CN1CCC(N2CCN(c3cc(N)ncn3)CC2)CC1. The van der Waals surface area contributed by atoms with Gasteiger partial charge in [-0.1, -0.05) is 0 Å². The van der Waals surface area contributed by atoms with Crippen LogP contribution in [0.15, 0.2) is 12.4 Å². The van der Waals surface area contributed by atoms with Gasteiger partial charge in [0.15, 0.2) is 0 Å². The molecular weight excluding hydrogens is 252 g/mol. The average Bonchev–Trinajstić information content (AvgIpc) is 2.48. The smallest absolute Gasteiger partial charge is 0.134 e. The normalized spacial score (nSPS) is 23.1. The number of piperidine rings is 1. The van der Waals surface area contributed by atoms with Crippen molar-refractivity contribution in [3.05, 3.63) is 12.4 Å². The first kappa shape index (κ1) is 13.6. The first-order chi connectivity index (χ1) is 9.72. The van der Waals surface area contributed by atoms with Gasteiger partial charge in [0.25, 0.3) is 0 Å². The lowest BCUT2D eigenvalue weighted by molar-refractivity contribution is 0.115. The van der Waals surface area contributed by atoms with Crippen molar-refractivity contribution in [1.82, 2.24) is 19.8 Å². The van der Waals surface area contributed by atoms with Gasteiger partial charge in [0.2, 0.25) is 0 Å². The zero-order valence-corrected chi connectivity index (χ0v) is 12.2. The Morgan fingerprint density at radius 3 is 2.40 bits per heavy atom. The minimum Gasteiger partial charge on any atom is -0.384 e. The molecule has 2 saturated heterocycles. The van der Waals surface area contributed by atoms with E-state index in [1.165, 1.54) is 25.9 Å². The van der Waals surface area contributed by atoms with E-state index in [-0.39, 0.29) is 0 Å². The zero-order valence-electron chi connectivity index (χ0n) is 12.2. The van der Waals surface area contributed by atoms with Gasteiger partial charge in [-0.2, -0.15) is 0 Å². The third-order valence-corrected chi connectivity index (χ3v) is 4.52. The number of nitrogens with zero attached hydrogens (tertiary/aromatic N) is 5. The lowest BCUT2D eigenvalue weighted by Crippen LogP contribution is -2.53. The van der Waals surface area contributed by atoms with Gasteiger partial charge in [0.1, 0.15) is 18.0 Å².